The maximum atomic E-state index is 12.5. The van der Waals surface area contributed by atoms with Gasteiger partial charge in [-0.2, -0.15) is 0 Å². The minimum Gasteiger partial charge on any atom is -0.395 e. The second-order valence-electron chi connectivity index (χ2n) is 4.81. The van der Waals surface area contributed by atoms with Gasteiger partial charge in [0.1, 0.15) is 4.83 Å². The molecule has 0 saturated carbocycles. The van der Waals surface area contributed by atoms with Crippen molar-refractivity contribution in [2.45, 2.75) is 33.2 Å². The first-order chi connectivity index (χ1) is 10.1. The summed E-state index contributed by atoms with van der Waals surface area (Å²) in [6.07, 6.45) is 3.47. The first-order valence-corrected chi connectivity index (χ1v) is 7.79. The predicted octanol–water partition coefficient (Wildman–Crippen LogP) is 1.29. The zero-order valence-electron chi connectivity index (χ0n) is 12.2. The van der Waals surface area contributed by atoms with Gasteiger partial charge in [-0.25, -0.2) is 4.98 Å². The lowest BCUT2D eigenvalue weighted by Crippen LogP contribution is -2.26. The molecule has 6 nitrogen and oxygen atoms in total. The summed E-state index contributed by atoms with van der Waals surface area (Å²) in [4.78, 5) is 29.8. The number of carbonyl (C=O) groups is 1. The Morgan fingerprint density at radius 2 is 2.29 bits per heavy atom. The van der Waals surface area contributed by atoms with Crippen molar-refractivity contribution < 1.29 is 9.90 Å². The van der Waals surface area contributed by atoms with Crippen molar-refractivity contribution in [3.8, 4) is 0 Å². The fourth-order valence-electron chi connectivity index (χ4n) is 2.11. The number of aliphatic hydroxyl groups excluding tert-OH is 1. The Morgan fingerprint density at radius 1 is 1.52 bits per heavy atom. The molecule has 2 aromatic heterocycles. The van der Waals surface area contributed by atoms with Gasteiger partial charge in [-0.1, -0.05) is 13.3 Å². The van der Waals surface area contributed by atoms with Crippen LogP contribution in [0.1, 0.15) is 35.0 Å². The van der Waals surface area contributed by atoms with Crippen LogP contribution in [0.3, 0.4) is 0 Å². The van der Waals surface area contributed by atoms with Gasteiger partial charge >= 0.3 is 0 Å². The van der Waals surface area contributed by atoms with Crippen molar-refractivity contribution in [3.05, 3.63) is 27.1 Å². The first kappa shape index (κ1) is 15.7. The van der Waals surface area contributed by atoms with E-state index in [9.17, 15) is 9.59 Å². The van der Waals surface area contributed by atoms with Crippen molar-refractivity contribution >= 4 is 27.5 Å². The molecule has 0 aliphatic carbocycles. The van der Waals surface area contributed by atoms with Crippen LogP contribution in [0.2, 0.25) is 0 Å². The van der Waals surface area contributed by atoms with Crippen LogP contribution >= 0.6 is 11.3 Å². The number of hydrogen-bond acceptors (Lipinski definition) is 5. The summed E-state index contributed by atoms with van der Waals surface area (Å²) in [5.74, 6) is -0.274. The number of carbonyl (C=O) groups excluding carboxylic acids is 1. The first-order valence-electron chi connectivity index (χ1n) is 6.97. The number of thiophene rings is 1. The fourth-order valence-corrected chi connectivity index (χ4v) is 3.17. The molecule has 114 valence electrons. The van der Waals surface area contributed by atoms with E-state index >= 15 is 0 Å². The summed E-state index contributed by atoms with van der Waals surface area (Å²) in [6, 6.07) is 0. The van der Waals surface area contributed by atoms with Crippen LogP contribution in [0.5, 0.6) is 0 Å². The van der Waals surface area contributed by atoms with Crippen molar-refractivity contribution in [1.29, 1.82) is 0 Å². The van der Waals surface area contributed by atoms with E-state index in [0.717, 1.165) is 12.8 Å². The number of rotatable bonds is 6. The average Bonchev–Trinajstić information content (AvgIpc) is 2.82. The number of aryl methyl sites for hydroxylation is 2. The zero-order chi connectivity index (χ0) is 15.4. The number of unbranched alkanes of at least 4 members (excludes halogenated alkanes) is 1. The maximum Gasteiger partial charge on any atom is 0.262 e. The predicted molar refractivity (Wildman–Crippen MR) is 82.9 cm³/mol. The number of aromatic nitrogens is 2. The third kappa shape index (κ3) is 3.14. The van der Waals surface area contributed by atoms with E-state index in [1.807, 2.05) is 0 Å². The van der Waals surface area contributed by atoms with Gasteiger partial charge in [-0.3, -0.25) is 14.2 Å². The molecule has 0 bridgehead atoms. The number of nitrogens with zero attached hydrogens (tertiary/aromatic N) is 2. The highest BCUT2D eigenvalue weighted by Crippen LogP contribution is 2.26. The Balaban J connectivity index is 2.44. The molecule has 0 aliphatic heterocycles. The summed E-state index contributed by atoms with van der Waals surface area (Å²) in [7, 11) is 0. The second-order valence-corrected chi connectivity index (χ2v) is 5.81. The lowest BCUT2D eigenvalue weighted by atomic mass is 10.2. The molecule has 0 aromatic carbocycles. The number of fused-ring (bicyclic) bond motifs is 1. The van der Waals surface area contributed by atoms with Crippen LogP contribution in [0.15, 0.2) is 11.1 Å². The average molecular weight is 309 g/mol. The minimum absolute atomic E-state index is 0.0941. The third-order valence-electron chi connectivity index (χ3n) is 3.27. The van der Waals surface area contributed by atoms with Crippen LogP contribution in [0, 0.1) is 6.92 Å². The molecule has 2 rings (SSSR count). The molecule has 0 unspecified atom stereocenters. The van der Waals surface area contributed by atoms with Gasteiger partial charge in [0.05, 0.1) is 23.2 Å². The molecule has 0 saturated heterocycles. The van der Waals surface area contributed by atoms with E-state index in [0.29, 0.717) is 27.2 Å². The topological polar surface area (TPSA) is 84.2 Å². The van der Waals surface area contributed by atoms with Crippen LogP contribution in [0.25, 0.3) is 10.2 Å². The molecule has 21 heavy (non-hydrogen) atoms. The minimum atomic E-state index is -0.274. The molecule has 2 heterocycles. The third-order valence-corrected chi connectivity index (χ3v) is 4.47. The highest BCUT2D eigenvalue weighted by molar-refractivity contribution is 7.20. The monoisotopic (exact) mass is 309 g/mol. The molecule has 7 heteroatoms. The summed E-state index contributed by atoms with van der Waals surface area (Å²) in [5.41, 5.74) is 0.567. The Bertz CT molecular complexity index is 705. The van der Waals surface area contributed by atoms with Crippen molar-refractivity contribution in [1.82, 2.24) is 14.9 Å². The molecule has 2 N–H and O–H groups in total. The van der Waals surface area contributed by atoms with Crippen LogP contribution in [-0.4, -0.2) is 33.7 Å². The maximum absolute atomic E-state index is 12.5. The Labute approximate surface area is 126 Å². The van der Waals surface area contributed by atoms with Crippen LogP contribution in [-0.2, 0) is 6.54 Å². The van der Waals surface area contributed by atoms with Gasteiger partial charge in [-0.15, -0.1) is 11.3 Å². The second kappa shape index (κ2) is 6.82. The quantitative estimate of drug-likeness (QED) is 0.842. The van der Waals surface area contributed by atoms with Gasteiger partial charge in [0, 0.05) is 13.1 Å². The largest absolute Gasteiger partial charge is 0.395 e. The molecule has 0 radical (unpaired) electrons. The summed E-state index contributed by atoms with van der Waals surface area (Å²) < 4.78 is 1.60. The van der Waals surface area contributed by atoms with E-state index in [-0.39, 0.29) is 24.6 Å². The number of hydrogen-bond donors (Lipinski definition) is 2. The molecule has 1 amide bonds. The van der Waals surface area contributed by atoms with Crippen molar-refractivity contribution in [2.75, 3.05) is 13.2 Å². The Hall–Kier alpha value is -1.73. The van der Waals surface area contributed by atoms with E-state index in [1.165, 1.54) is 11.3 Å². The van der Waals surface area contributed by atoms with Crippen molar-refractivity contribution in [3.63, 3.8) is 0 Å². The highest BCUT2D eigenvalue weighted by Gasteiger charge is 2.18. The lowest BCUT2D eigenvalue weighted by molar-refractivity contribution is 0.0948. The normalized spacial score (nSPS) is 11.0. The molecule has 0 spiro atoms. The van der Waals surface area contributed by atoms with E-state index in [4.69, 9.17) is 5.11 Å². The zero-order valence-corrected chi connectivity index (χ0v) is 13.0. The lowest BCUT2D eigenvalue weighted by Gasteiger charge is -2.04. The number of nitrogens with one attached hydrogen (secondary N) is 1. The Kier molecular flexibility index (Phi) is 5.08. The summed E-state index contributed by atoms with van der Waals surface area (Å²) in [5, 5.41) is 11.9. The molecular weight excluding hydrogens is 290 g/mol. The smallest absolute Gasteiger partial charge is 0.262 e. The van der Waals surface area contributed by atoms with E-state index in [2.05, 4.69) is 17.2 Å². The molecule has 0 atom stereocenters. The van der Waals surface area contributed by atoms with Gasteiger partial charge in [0.15, 0.2) is 0 Å². The van der Waals surface area contributed by atoms with E-state index in [1.54, 1.807) is 17.8 Å². The van der Waals surface area contributed by atoms with E-state index < -0.39 is 0 Å². The van der Waals surface area contributed by atoms with Crippen LogP contribution < -0.4 is 10.9 Å². The standard InChI is InChI=1S/C14H19N3O3S/c1-3-4-6-17-8-16-13-10(14(17)20)9(2)11(21-13)12(19)15-5-7-18/h8,18H,3-7H2,1-2H3,(H,15,19). The van der Waals surface area contributed by atoms with Gasteiger partial charge < -0.3 is 10.4 Å². The van der Waals surface area contributed by atoms with Gasteiger partial charge in [0.2, 0.25) is 0 Å². The Morgan fingerprint density at radius 3 is 2.95 bits per heavy atom. The molecule has 0 aliphatic rings. The fraction of sp³-hybridized carbons (Fsp3) is 0.500. The molecule has 2 aromatic rings. The van der Waals surface area contributed by atoms with Crippen molar-refractivity contribution in [2.24, 2.45) is 0 Å². The molecular formula is C14H19N3O3S. The van der Waals surface area contributed by atoms with Gasteiger partial charge in [-0.05, 0) is 18.9 Å². The summed E-state index contributed by atoms with van der Waals surface area (Å²) in [6.45, 7) is 4.55. The number of aliphatic hydroxyl groups is 1. The SMILES string of the molecule is CCCCn1cnc2sc(C(=O)NCCO)c(C)c2c1=O. The van der Waals surface area contributed by atoms with Gasteiger partial charge in [0.25, 0.3) is 11.5 Å². The summed E-state index contributed by atoms with van der Waals surface area (Å²) >= 11 is 1.21. The number of amides is 1. The highest BCUT2D eigenvalue weighted by atomic mass is 32.1. The van der Waals surface area contributed by atoms with Crippen LogP contribution in [0.4, 0.5) is 0 Å². The molecule has 0 fully saturated rings.